The van der Waals surface area contributed by atoms with E-state index in [2.05, 4.69) is 23.7 Å². The van der Waals surface area contributed by atoms with Crippen LogP contribution >= 0.6 is 46.4 Å². The minimum atomic E-state index is 0.309. The molecule has 0 radical (unpaired) electrons. The van der Waals surface area contributed by atoms with Crippen molar-refractivity contribution in [2.24, 2.45) is 0 Å². The molecular formula is C24H22Cl4O4. The summed E-state index contributed by atoms with van der Waals surface area (Å²) in [6.45, 7) is 2.68. The Morgan fingerprint density at radius 3 is 1.28 bits per heavy atom. The van der Waals surface area contributed by atoms with Crippen molar-refractivity contribution >= 4 is 46.4 Å². The van der Waals surface area contributed by atoms with Crippen LogP contribution in [0.4, 0.5) is 0 Å². The summed E-state index contributed by atoms with van der Waals surface area (Å²) in [4.78, 5) is 0. The molecule has 0 aliphatic rings. The molecule has 0 heterocycles. The van der Waals surface area contributed by atoms with E-state index in [4.69, 9.17) is 65.4 Å². The highest BCUT2D eigenvalue weighted by Gasteiger charge is 2.00. The van der Waals surface area contributed by atoms with E-state index in [9.17, 15) is 0 Å². The molecular weight excluding hydrogens is 494 g/mol. The summed E-state index contributed by atoms with van der Waals surface area (Å²) in [6, 6.07) is 10.2. The fraction of sp³-hybridized carbons (Fsp3) is 0.333. The van der Waals surface area contributed by atoms with Gasteiger partial charge in [0, 0.05) is 32.9 Å². The molecule has 32 heavy (non-hydrogen) atoms. The lowest BCUT2D eigenvalue weighted by Gasteiger charge is -2.06. The molecule has 2 aromatic carbocycles. The third-order valence-electron chi connectivity index (χ3n) is 3.66. The van der Waals surface area contributed by atoms with Gasteiger partial charge in [0.05, 0.1) is 26.4 Å². The summed E-state index contributed by atoms with van der Waals surface area (Å²) >= 11 is 23.7. The first-order valence-electron chi connectivity index (χ1n) is 9.82. The number of hydrogen-bond donors (Lipinski definition) is 0. The quantitative estimate of drug-likeness (QED) is 0.236. The average molecular weight is 516 g/mol. The SMILES string of the molecule is Clc1cc(Cl)cc(OCCCOCC#CC#CCOCCCOc2cc(Cl)cc(Cl)c2)c1. The van der Waals surface area contributed by atoms with Crippen LogP contribution in [0, 0.1) is 23.7 Å². The van der Waals surface area contributed by atoms with Gasteiger partial charge in [-0.05, 0) is 48.2 Å². The van der Waals surface area contributed by atoms with Gasteiger partial charge in [-0.1, -0.05) is 58.2 Å². The molecule has 8 heteroatoms. The Bertz CT molecular complexity index is 853. The fourth-order valence-corrected chi connectivity index (χ4v) is 3.34. The molecule has 0 saturated heterocycles. The molecule has 0 spiro atoms. The van der Waals surface area contributed by atoms with Crippen molar-refractivity contribution in [2.75, 3.05) is 39.6 Å². The van der Waals surface area contributed by atoms with E-state index in [0.717, 1.165) is 12.8 Å². The highest BCUT2D eigenvalue weighted by atomic mass is 35.5. The van der Waals surface area contributed by atoms with E-state index >= 15 is 0 Å². The monoisotopic (exact) mass is 514 g/mol. The molecule has 0 atom stereocenters. The van der Waals surface area contributed by atoms with Crippen LogP contribution in [-0.4, -0.2) is 39.6 Å². The van der Waals surface area contributed by atoms with Gasteiger partial charge in [0.2, 0.25) is 0 Å². The summed E-state index contributed by atoms with van der Waals surface area (Å²) in [5.41, 5.74) is 0. The topological polar surface area (TPSA) is 36.9 Å². The van der Waals surface area contributed by atoms with Gasteiger partial charge in [-0.3, -0.25) is 0 Å². The summed E-state index contributed by atoms with van der Waals surface area (Å²) in [6.07, 6.45) is 1.44. The minimum Gasteiger partial charge on any atom is -0.493 e. The lowest BCUT2D eigenvalue weighted by atomic mass is 10.3. The van der Waals surface area contributed by atoms with E-state index in [0.29, 0.717) is 71.2 Å². The molecule has 0 bridgehead atoms. The normalized spacial score (nSPS) is 10.0. The van der Waals surface area contributed by atoms with Crippen LogP contribution in [0.2, 0.25) is 20.1 Å². The highest BCUT2D eigenvalue weighted by Crippen LogP contribution is 2.25. The van der Waals surface area contributed by atoms with E-state index < -0.39 is 0 Å². The van der Waals surface area contributed by atoms with Crippen LogP contribution < -0.4 is 9.47 Å². The maximum Gasteiger partial charge on any atom is 0.122 e. The first kappa shape index (κ1) is 26.5. The van der Waals surface area contributed by atoms with Gasteiger partial charge < -0.3 is 18.9 Å². The third kappa shape index (κ3) is 12.3. The number of ether oxygens (including phenoxy) is 4. The van der Waals surface area contributed by atoms with Gasteiger partial charge in [0.1, 0.15) is 24.7 Å². The third-order valence-corrected chi connectivity index (χ3v) is 4.54. The molecule has 170 valence electrons. The second-order valence-electron chi connectivity index (χ2n) is 6.32. The molecule has 0 unspecified atom stereocenters. The number of benzene rings is 2. The maximum atomic E-state index is 5.92. The van der Waals surface area contributed by atoms with Gasteiger partial charge in [-0.15, -0.1) is 0 Å². The molecule has 4 nitrogen and oxygen atoms in total. The van der Waals surface area contributed by atoms with Gasteiger partial charge in [0.15, 0.2) is 0 Å². The van der Waals surface area contributed by atoms with E-state index in [1.54, 1.807) is 36.4 Å². The molecule has 0 saturated carbocycles. The lowest BCUT2D eigenvalue weighted by molar-refractivity contribution is 0.147. The Morgan fingerprint density at radius 2 is 0.906 bits per heavy atom. The van der Waals surface area contributed by atoms with E-state index in [1.165, 1.54) is 0 Å². The van der Waals surface area contributed by atoms with Crippen LogP contribution in [0.15, 0.2) is 36.4 Å². The lowest BCUT2D eigenvalue weighted by Crippen LogP contribution is -2.03. The molecule has 0 fully saturated rings. The Hall–Kier alpha value is -1.76. The van der Waals surface area contributed by atoms with E-state index in [-0.39, 0.29) is 0 Å². The summed E-state index contributed by atoms with van der Waals surface area (Å²) in [7, 11) is 0. The molecule has 0 aromatic heterocycles. The van der Waals surface area contributed by atoms with Crippen molar-refractivity contribution in [1.29, 1.82) is 0 Å². The predicted octanol–water partition coefficient (Wildman–Crippen LogP) is 6.58. The molecule has 2 rings (SSSR count). The average Bonchev–Trinajstić information content (AvgIpc) is 2.72. The van der Waals surface area contributed by atoms with Gasteiger partial charge >= 0.3 is 0 Å². The zero-order valence-corrected chi connectivity index (χ0v) is 20.3. The molecule has 0 N–H and O–H groups in total. The fourth-order valence-electron chi connectivity index (χ4n) is 2.33. The van der Waals surface area contributed by atoms with Crippen LogP contribution in [0.25, 0.3) is 0 Å². The summed E-state index contributed by atoms with van der Waals surface area (Å²) in [5, 5.41) is 2.16. The number of hydrogen-bond acceptors (Lipinski definition) is 4. The number of halogens is 4. The maximum absolute atomic E-state index is 5.92. The van der Waals surface area contributed by atoms with Crippen molar-refractivity contribution < 1.29 is 18.9 Å². The largest absolute Gasteiger partial charge is 0.493 e. The van der Waals surface area contributed by atoms with Crippen molar-refractivity contribution in [3.8, 4) is 35.2 Å². The first-order valence-corrected chi connectivity index (χ1v) is 11.3. The second kappa shape index (κ2) is 15.9. The summed E-state index contributed by atoms with van der Waals surface area (Å²) in [5.74, 6) is 12.4. The Labute approximate surface area is 209 Å². The van der Waals surface area contributed by atoms with Gasteiger partial charge in [-0.25, -0.2) is 0 Å². The van der Waals surface area contributed by atoms with Crippen LogP contribution in [-0.2, 0) is 9.47 Å². The summed E-state index contributed by atoms with van der Waals surface area (Å²) < 4.78 is 21.9. The van der Waals surface area contributed by atoms with Gasteiger partial charge in [-0.2, -0.15) is 0 Å². The van der Waals surface area contributed by atoms with Crippen LogP contribution in [0.1, 0.15) is 12.8 Å². The predicted molar refractivity (Wildman–Crippen MR) is 130 cm³/mol. The van der Waals surface area contributed by atoms with Crippen molar-refractivity contribution in [2.45, 2.75) is 12.8 Å². The Morgan fingerprint density at radius 1 is 0.531 bits per heavy atom. The second-order valence-corrected chi connectivity index (χ2v) is 8.07. The van der Waals surface area contributed by atoms with Crippen molar-refractivity contribution in [3.05, 3.63) is 56.5 Å². The van der Waals surface area contributed by atoms with Crippen molar-refractivity contribution in [3.63, 3.8) is 0 Å². The molecule has 0 aliphatic heterocycles. The molecule has 0 amide bonds. The number of rotatable bonds is 12. The Balaban J connectivity index is 1.43. The minimum absolute atomic E-state index is 0.309. The van der Waals surface area contributed by atoms with E-state index in [1.807, 2.05) is 0 Å². The smallest absolute Gasteiger partial charge is 0.122 e. The standard InChI is InChI=1S/C24H22Cl4O4/c25-19-13-20(26)16-23(15-19)31-11-5-9-29-7-3-1-2-4-8-30-10-6-12-32-24-17-21(27)14-22(28)18-24/h13-18H,5-12H2. The van der Waals surface area contributed by atoms with Crippen LogP contribution in [0.3, 0.4) is 0 Å². The van der Waals surface area contributed by atoms with Crippen LogP contribution in [0.5, 0.6) is 11.5 Å². The molecule has 0 aliphatic carbocycles. The Kier molecular flexibility index (Phi) is 13.2. The first-order chi connectivity index (χ1) is 15.5. The van der Waals surface area contributed by atoms with Crippen molar-refractivity contribution in [1.82, 2.24) is 0 Å². The molecule has 2 aromatic rings. The zero-order chi connectivity index (χ0) is 23.0. The van der Waals surface area contributed by atoms with Gasteiger partial charge in [0.25, 0.3) is 0 Å². The zero-order valence-electron chi connectivity index (χ0n) is 17.3. The highest BCUT2D eigenvalue weighted by molar-refractivity contribution is 6.35.